The van der Waals surface area contributed by atoms with Gasteiger partial charge in [-0.25, -0.2) is 0 Å². The predicted molar refractivity (Wildman–Crippen MR) is 78.2 cm³/mol. The summed E-state index contributed by atoms with van der Waals surface area (Å²) in [5.74, 6) is 0. The highest BCUT2D eigenvalue weighted by molar-refractivity contribution is 6.35. The standard InChI is InChI=1S/C14H20Cl2N2/c1-18(13-6-4-12(17)5-7-13)9-10-2-3-11(15)8-14(10)16/h2-3,8,12-13H,4-7,9,17H2,1H3. The van der Waals surface area contributed by atoms with Crippen LogP contribution in [-0.4, -0.2) is 24.0 Å². The molecule has 1 aliphatic carbocycles. The van der Waals surface area contributed by atoms with E-state index in [4.69, 9.17) is 28.9 Å². The molecule has 0 bridgehead atoms. The van der Waals surface area contributed by atoms with Crippen molar-refractivity contribution in [3.8, 4) is 0 Å². The first kappa shape index (κ1) is 14.1. The lowest BCUT2D eigenvalue weighted by atomic mass is 9.91. The van der Waals surface area contributed by atoms with Crippen molar-refractivity contribution >= 4 is 23.2 Å². The molecule has 1 saturated carbocycles. The van der Waals surface area contributed by atoms with E-state index in [1.54, 1.807) is 0 Å². The fourth-order valence-corrected chi connectivity index (χ4v) is 3.06. The Morgan fingerprint density at radius 1 is 1.22 bits per heavy atom. The van der Waals surface area contributed by atoms with Crippen molar-refractivity contribution in [3.05, 3.63) is 33.8 Å². The number of hydrogen-bond acceptors (Lipinski definition) is 2. The summed E-state index contributed by atoms with van der Waals surface area (Å²) in [5.41, 5.74) is 7.07. The van der Waals surface area contributed by atoms with Gasteiger partial charge in [0, 0.05) is 28.7 Å². The molecule has 1 aliphatic rings. The lowest BCUT2D eigenvalue weighted by Crippen LogP contribution is -2.38. The Morgan fingerprint density at radius 2 is 1.89 bits per heavy atom. The summed E-state index contributed by atoms with van der Waals surface area (Å²) in [6.45, 7) is 0.871. The number of nitrogens with zero attached hydrogens (tertiary/aromatic N) is 1. The summed E-state index contributed by atoms with van der Waals surface area (Å²) in [4.78, 5) is 2.38. The van der Waals surface area contributed by atoms with E-state index in [-0.39, 0.29) is 0 Å². The van der Waals surface area contributed by atoms with Gasteiger partial charge in [0.05, 0.1) is 0 Å². The number of hydrogen-bond donors (Lipinski definition) is 1. The average Bonchev–Trinajstić information content (AvgIpc) is 2.33. The zero-order chi connectivity index (χ0) is 13.1. The third-order valence-corrected chi connectivity index (χ3v) is 4.39. The first-order valence-corrected chi connectivity index (χ1v) is 7.21. The van der Waals surface area contributed by atoms with Crippen molar-refractivity contribution in [2.24, 2.45) is 5.73 Å². The highest BCUT2D eigenvalue weighted by atomic mass is 35.5. The van der Waals surface area contributed by atoms with Crippen LogP contribution in [0.4, 0.5) is 0 Å². The Hall–Kier alpha value is -0.280. The van der Waals surface area contributed by atoms with Crippen LogP contribution in [-0.2, 0) is 6.54 Å². The molecule has 0 radical (unpaired) electrons. The minimum absolute atomic E-state index is 0.397. The Morgan fingerprint density at radius 3 is 2.50 bits per heavy atom. The van der Waals surface area contributed by atoms with Crippen LogP contribution in [0.25, 0.3) is 0 Å². The van der Waals surface area contributed by atoms with Gasteiger partial charge in [-0.3, -0.25) is 4.90 Å². The van der Waals surface area contributed by atoms with Crippen LogP contribution in [0.1, 0.15) is 31.2 Å². The van der Waals surface area contributed by atoms with Gasteiger partial charge in [0.2, 0.25) is 0 Å². The van der Waals surface area contributed by atoms with Gasteiger partial charge in [0.1, 0.15) is 0 Å². The number of rotatable bonds is 3. The quantitative estimate of drug-likeness (QED) is 0.918. The van der Waals surface area contributed by atoms with Crippen LogP contribution < -0.4 is 5.73 Å². The van der Waals surface area contributed by atoms with Gasteiger partial charge in [0.15, 0.2) is 0 Å². The first-order chi connectivity index (χ1) is 8.56. The molecule has 0 saturated heterocycles. The van der Waals surface area contributed by atoms with Crippen molar-refractivity contribution in [2.75, 3.05) is 7.05 Å². The van der Waals surface area contributed by atoms with E-state index in [0.717, 1.165) is 30.0 Å². The topological polar surface area (TPSA) is 29.3 Å². The van der Waals surface area contributed by atoms with E-state index in [1.807, 2.05) is 18.2 Å². The minimum atomic E-state index is 0.397. The molecular weight excluding hydrogens is 267 g/mol. The lowest BCUT2D eigenvalue weighted by Gasteiger charge is -2.33. The van der Waals surface area contributed by atoms with Gasteiger partial charge in [-0.1, -0.05) is 29.3 Å². The Bertz CT molecular complexity index is 401. The minimum Gasteiger partial charge on any atom is -0.328 e. The SMILES string of the molecule is CN(Cc1ccc(Cl)cc1Cl)C1CCC(N)CC1. The van der Waals surface area contributed by atoms with Crippen LogP contribution in [0.2, 0.25) is 10.0 Å². The van der Waals surface area contributed by atoms with Crippen LogP contribution in [0.5, 0.6) is 0 Å². The van der Waals surface area contributed by atoms with Crippen LogP contribution in [0, 0.1) is 0 Å². The Kier molecular flexibility index (Phi) is 4.91. The third kappa shape index (κ3) is 3.61. The van der Waals surface area contributed by atoms with E-state index in [2.05, 4.69) is 11.9 Å². The average molecular weight is 287 g/mol. The van der Waals surface area contributed by atoms with Crippen molar-refractivity contribution < 1.29 is 0 Å². The monoisotopic (exact) mass is 286 g/mol. The van der Waals surface area contributed by atoms with Gasteiger partial charge in [-0.15, -0.1) is 0 Å². The largest absolute Gasteiger partial charge is 0.328 e. The van der Waals surface area contributed by atoms with Gasteiger partial charge >= 0.3 is 0 Å². The summed E-state index contributed by atoms with van der Waals surface area (Å²) in [6, 6.07) is 6.73. The molecule has 0 spiro atoms. The molecule has 0 heterocycles. The fraction of sp³-hybridized carbons (Fsp3) is 0.571. The molecule has 1 aromatic rings. The molecule has 2 N–H and O–H groups in total. The van der Waals surface area contributed by atoms with Crippen molar-refractivity contribution in [3.63, 3.8) is 0 Å². The Labute approximate surface area is 119 Å². The first-order valence-electron chi connectivity index (χ1n) is 6.46. The normalized spacial score (nSPS) is 24.5. The van der Waals surface area contributed by atoms with E-state index in [0.29, 0.717) is 17.1 Å². The molecule has 2 nitrogen and oxygen atoms in total. The second-order valence-electron chi connectivity index (χ2n) is 5.22. The van der Waals surface area contributed by atoms with Gasteiger partial charge < -0.3 is 5.73 Å². The maximum absolute atomic E-state index is 6.20. The molecule has 4 heteroatoms. The molecule has 0 aliphatic heterocycles. The van der Waals surface area contributed by atoms with Crippen LogP contribution >= 0.6 is 23.2 Å². The highest BCUT2D eigenvalue weighted by Crippen LogP contribution is 2.26. The maximum atomic E-state index is 6.20. The zero-order valence-electron chi connectivity index (χ0n) is 10.7. The van der Waals surface area contributed by atoms with Gasteiger partial charge in [0.25, 0.3) is 0 Å². The molecule has 0 atom stereocenters. The van der Waals surface area contributed by atoms with Crippen LogP contribution in [0.15, 0.2) is 18.2 Å². The highest BCUT2D eigenvalue weighted by Gasteiger charge is 2.22. The van der Waals surface area contributed by atoms with E-state index in [9.17, 15) is 0 Å². The number of nitrogens with two attached hydrogens (primary N) is 1. The van der Waals surface area contributed by atoms with Crippen molar-refractivity contribution in [1.29, 1.82) is 0 Å². The summed E-state index contributed by atoms with van der Waals surface area (Å²) in [6.07, 6.45) is 4.62. The molecule has 0 aromatic heterocycles. The van der Waals surface area contributed by atoms with Crippen LogP contribution in [0.3, 0.4) is 0 Å². The molecule has 0 amide bonds. The summed E-state index contributed by atoms with van der Waals surface area (Å²) < 4.78 is 0. The van der Waals surface area contributed by atoms with E-state index >= 15 is 0 Å². The van der Waals surface area contributed by atoms with E-state index < -0.39 is 0 Å². The molecule has 1 aromatic carbocycles. The van der Waals surface area contributed by atoms with Gasteiger partial charge in [-0.2, -0.15) is 0 Å². The second-order valence-corrected chi connectivity index (χ2v) is 6.06. The maximum Gasteiger partial charge on any atom is 0.0465 e. The molecule has 2 rings (SSSR count). The second kappa shape index (κ2) is 6.25. The molecular formula is C14H20Cl2N2. The summed E-state index contributed by atoms with van der Waals surface area (Å²) in [7, 11) is 2.16. The van der Waals surface area contributed by atoms with Crippen molar-refractivity contribution in [2.45, 2.75) is 44.3 Å². The molecule has 1 fully saturated rings. The van der Waals surface area contributed by atoms with Crippen molar-refractivity contribution in [1.82, 2.24) is 4.90 Å². The third-order valence-electron chi connectivity index (χ3n) is 3.80. The summed E-state index contributed by atoms with van der Waals surface area (Å²) >= 11 is 12.1. The zero-order valence-corrected chi connectivity index (χ0v) is 12.2. The number of halogens is 2. The fourth-order valence-electron chi connectivity index (χ4n) is 2.59. The predicted octanol–water partition coefficient (Wildman–Crippen LogP) is 3.70. The van der Waals surface area contributed by atoms with Gasteiger partial charge in [-0.05, 0) is 50.4 Å². The molecule has 100 valence electrons. The molecule has 0 unspecified atom stereocenters. The number of benzene rings is 1. The summed E-state index contributed by atoms with van der Waals surface area (Å²) in [5, 5.41) is 1.44. The Balaban J connectivity index is 1.96. The van der Waals surface area contributed by atoms with E-state index in [1.165, 1.54) is 12.8 Å². The lowest BCUT2D eigenvalue weighted by molar-refractivity contribution is 0.176. The smallest absolute Gasteiger partial charge is 0.0465 e. The molecule has 18 heavy (non-hydrogen) atoms.